The molecule has 3 nitrogen and oxygen atoms in total. The highest BCUT2D eigenvalue weighted by molar-refractivity contribution is 6.31. The van der Waals surface area contributed by atoms with Gasteiger partial charge in [0.2, 0.25) is 0 Å². The number of rotatable bonds is 2. The summed E-state index contributed by atoms with van der Waals surface area (Å²) in [5.41, 5.74) is 6.96. The van der Waals surface area contributed by atoms with E-state index in [1.165, 1.54) is 0 Å². The average molecular weight is 255 g/mol. The Balaban J connectivity index is 1.98. The molecule has 94 valence electrons. The molecule has 4 heteroatoms. The molecule has 0 amide bonds. The summed E-state index contributed by atoms with van der Waals surface area (Å²) in [4.78, 5) is 2.31. The Morgan fingerprint density at radius 1 is 1.41 bits per heavy atom. The minimum atomic E-state index is -0.499. The quantitative estimate of drug-likeness (QED) is 0.796. The molecule has 17 heavy (non-hydrogen) atoms. The van der Waals surface area contributed by atoms with E-state index >= 15 is 0 Å². The maximum absolute atomic E-state index is 9.88. The predicted octanol–water partition coefficient (Wildman–Crippen LogP) is 2.27. The smallest absolute Gasteiger partial charge is 0.0644 e. The predicted molar refractivity (Wildman–Crippen MR) is 71.0 cm³/mol. The first-order chi connectivity index (χ1) is 7.96. The van der Waals surface area contributed by atoms with Crippen LogP contribution in [0.25, 0.3) is 0 Å². The van der Waals surface area contributed by atoms with Gasteiger partial charge >= 0.3 is 0 Å². The lowest BCUT2D eigenvalue weighted by atomic mass is 9.93. The van der Waals surface area contributed by atoms with E-state index in [-0.39, 0.29) is 0 Å². The van der Waals surface area contributed by atoms with Crippen molar-refractivity contribution in [3.63, 3.8) is 0 Å². The topological polar surface area (TPSA) is 49.5 Å². The number of benzene rings is 1. The van der Waals surface area contributed by atoms with Gasteiger partial charge in [0.05, 0.1) is 5.60 Å². The molecular formula is C13H19ClN2O. The number of likely N-dealkylation sites (tertiary alicyclic amines) is 1. The second kappa shape index (κ2) is 4.84. The van der Waals surface area contributed by atoms with Crippen molar-refractivity contribution in [3.05, 3.63) is 28.8 Å². The molecule has 2 rings (SSSR count). The van der Waals surface area contributed by atoms with Crippen LogP contribution in [0.2, 0.25) is 5.02 Å². The largest absolute Gasteiger partial charge is 0.399 e. The van der Waals surface area contributed by atoms with Gasteiger partial charge in [0.1, 0.15) is 0 Å². The summed E-state index contributed by atoms with van der Waals surface area (Å²) in [6.07, 6.45) is 1.64. The number of hydrogen-bond donors (Lipinski definition) is 2. The van der Waals surface area contributed by atoms with Crippen molar-refractivity contribution < 1.29 is 5.11 Å². The van der Waals surface area contributed by atoms with E-state index in [9.17, 15) is 5.11 Å². The fourth-order valence-corrected chi connectivity index (χ4v) is 2.37. The Kier molecular flexibility index (Phi) is 3.61. The molecule has 0 spiro atoms. The molecule has 0 saturated carbocycles. The van der Waals surface area contributed by atoms with Crippen molar-refractivity contribution in [1.29, 1.82) is 0 Å². The number of hydrogen-bond acceptors (Lipinski definition) is 3. The summed E-state index contributed by atoms with van der Waals surface area (Å²) in [7, 11) is 0. The molecule has 0 aliphatic carbocycles. The Morgan fingerprint density at radius 3 is 2.65 bits per heavy atom. The number of nitrogens with two attached hydrogens (primary N) is 1. The van der Waals surface area contributed by atoms with Gasteiger partial charge in [-0.25, -0.2) is 0 Å². The zero-order chi connectivity index (χ0) is 12.5. The Hall–Kier alpha value is -0.770. The number of aliphatic hydroxyl groups is 1. The van der Waals surface area contributed by atoms with E-state index in [2.05, 4.69) is 4.90 Å². The lowest BCUT2D eigenvalue weighted by Crippen LogP contribution is -2.41. The molecule has 0 atom stereocenters. The number of piperidine rings is 1. The second-order valence-corrected chi connectivity index (χ2v) is 5.53. The van der Waals surface area contributed by atoms with Crippen molar-refractivity contribution in [1.82, 2.24) is 4.90 Å². The zero-order valence-corrected chi connectivity index (χ0v) is 10.9. The lowest BCUT2D eigenvalue weighted by molar-refractivity contribution is -0.00728. The number of nitrogen functional groups attached to an aromatic ring is 1. The molecule has 0 unspecified atom stereocenters. The van der Waals surface area contributed by atoms with Gasteiger partial charge in [0, 0.05) is 30.3 Å². The normalized spacial score (nSPS) is 20.4. The first-order valence-corrected chi connectivity index (χ1v) is 6.33. The third kappa shape index (κ3) is 3.35. The van der Waals surface area contributed by atoms with Crippen LogP contribution in [0.5, 0.6) is 0 Å². The van der Waals surface area contributed by atoms with E-state index in [4.69, 9.17) is 17.3 Å². The third-order valence-electron chi connectivity index (χ3n) is 3.40. The summed E-state index contributed by atoms with van der Waals surface area (Å²) in [5, 5.41) is 10.6. The Labute approximate surface area is 107 Å². The number of anilines is 1. The Bertz CT molecular complexity index is 396. The van der Waals surface area contributed by atoms with Crippen molar-refractivity contribution in [2.75, 3.05) is 18.8 Å². The second-order valence-electron chi connectivity index (χ2n) is 5.12. The van der Waals surface area contributed by atoms with E-state index in [0.29, 0.717) is 5.69 Å². The fourth-order valence-electron chi connectivity index (χ4n) is 2.13. The molecule has 1 aromatic carbocycles. The van der Waals surface area contributed by atoms with Crippen LogP contribution in [0.4, 0.5) is 5.69 Å². The molecule has 1 aliphatic rings. The monoisotopic (exact) mass is 254 g/mol. The molecule has 0 aromatic heterocycles. The van der Waals surface area contributed by atoms with E-state index < -0.39 is 5.60 Å². The summed E-state index contributed by atoms with van der Waals surface area (Å²) in [5.74, 6) is 0. The lowest BCUT2D eigenvalue weighted by Gasteiger charge is -2.35. The van der Waals surface area contributed by atoms with Gasteiger partial charge in [-0.1, -0.05) is 17.7 Å². The van der Waals surface area contributed by atoms with Crippen molar-refractivity contribution in [2.45, 2.75) is 31.9 Å². The molecule has 3 N–H and O–H groups in total. The highest BCUT2D eigenvalue weighted by Gasteiger charge is 2.27. The highest BCUT2D eigenvalue weighted by Crippen LogP contribution is 2.25. The van der Waals surface area contributed by atoms with Gasteiger partial charge < -0.3 is 10.8 Å². The van der Waals surface area contributed by atoms with Gasteiger partial charge in [-0.2, -0.15) is 0 Å². The molecule has 1 heterocycles. The van der Waals surface area contributed by atoms with E-state index in [1.807, 2.05) is 19.1 Å². The molecule has 1 aromatic rings. The summed E-state index contributed by atoms with van der Waals surface area (Å²) < 4.78 is 0. The first-order valence-electron chi connectivity index (χ1n) is 5.95. The number of halogens is 1. The van der Waals surface area contributed by atoms with Crippen molar-refractivity contribution in [2.24, 2.45) is 0 Å². The minimum absolute atomic E-state index is 0.499. The van der Waals surface area contributed by atoms with E-state index in [0.717, 1.165) is 43.1 Å². The van der Waals surface area contributed by atoms with Gasteiger partial charge in [0.25, 0.3) is 0 Å². The van der Waals surface area contributed by atoms with E-state index in [1.54, 1.807) is 6.07 Å². The standard InChI is InChI=1S/C13H19ClN2O/c1-13(17)4-6-16(7-5-13)9-10-2-3-11(15)8-12(10)14/h2-3,8,17H,4-7,9,15H2,1H3. The number of nitrogens with zero attached hydrogens (tertiary/aromatic N) is 1. The molecule has 0 bridgehead atoms. The SMILES string of the molecule is CC1(O)CCN(Cc2ccc(N)cc2Cl)CC1. The van der Waals surface area contributed by atoms with Crippen molar-refractivity contribution in [3.8, 4) is 0 Å². The summed E-state index contributed by atoms with van der Waals surface area (Å²) in [6, 6.07) is 5.64. The maximum atomic E-state index is 9.88. The van der Waals surface area contributed by atoms with Crippen LogP contribution in [0.15, 0.2) is 18.2 Å². The molecule has 1 fully saturated rings. The van der Waals surface area contributed by atoms with Gasteiger partial charge in [-0.3, -0.25) is 4.90 Å². The van der Waals surface area contributed by atoms with Crippen molar-refractivity contribution >= 4 is 17.3 Å². The first kappa shape index (κ1) is 12.7. The fraction of sp³-hybridized carbons (Fsp3) is 0.538. The minimum Gasteiger partial charge on any atom is -0.399 e. The van der Waals surface area contributed by atoms with Crippen LogP contribution in [0.1, 0.15) is 25.3 Å². The van der Waals surface area contributed by atoms with Crippen LogP contribution in [-0.4, -0.2) is 28.7 Å². The van der Waals surface area contributed by atoms with Crippen LogP contribution >= 0.6 is 11.6 Å². The summed E-state index contributed by atoms with van der Waals surface area (Å²) in [6.45, 7) is 4.55. The maximum Gasteiger partial charge on any atom is 0.0644 e. The van der Waals surface area contributed by atoms with Gasteiger partial charge in [0.15, 0.2) is 0 Å². The summed E-state index contributed by atoms with van der Waals surface area (Å²) >= 11 is 6.15. The van der Waals surface area contributed by atoms with Crippen LogP contribution in [0, 0.1) is 0 Å². The zero-order valence-electron chi connectivity index (χ0n) is 10.1. The van der Waals surface area contributed by atoms with Crippen LogP contribution in [-0.2, 0) is 6.54 Å². The van der Waals surface area contributed by atoms with Gasteiger partial charge in [-0.15, -0.1) is 0 Å². The Morgan fingerprint density at radius 2 is 2.06 bits per heavy atom. The molecule has 1 saturated heterocycles. The average Bonchev–Trinajstić information content (AvgIpc) is 2.25. The highest BCUT2D eigenvalue weighted by atomic mass is 35.5. The van der Waals surface area contributed by atoms with Crippen LogP contribution < -0.4 is 5.73 Å². The molecule has 1 aliphatic heterocycles. The van der Waals surface area contributed by atoms with Crippen LogP contribution in [0.3, 0.4) is 0 Å². The third-order valence-corrected chi connectivity index (χ3v) is 3.76. The molecular weight excluding hydrogens is 236 g/mol. The molecule has 0 radical (unpaired) electrons. The van der Waals surface area contributed by atoms with Gasteiger partial charge in [-0.05, 0) is 37.5 Å².